The second-order valence-corrected chi connectivity index (χ2v) is 5.91. The Morgan fingerprint density at radius 2 is 1.48 bits per heavy atom. The van der Waals surface area contributed by atoms with E-state index in [4.69, 9.17) is 0 Å². The van der Waals surface area contributed by atoms with Crippen LogP contribution in [0.5, 0.6) is 0 Å². The van der Waals surface area contributed by atoms with E-state index in [1.807, 2.05) is 0 Å². The number of unbranched alkanes of at least 4 members (excludes halogenated alkanes) is 2. The van der Waals surface area contributed by atoms with Gasteiger partial charge in [0.2, 0.25) is 0 Å². The third kappa shape index (κ3) is 5.34. The van der Waals surface area contributed by atoms with Gasteiger partial charge in [-0.05, 0) is 36.8 Å². The molecule has 0 aliphatic carbocycles. The van der Waals surface area contributed by atoms with E-state index >= 15 is 0 Å². The van der Waals surface area contributed by atoms with Gasteiger partial charge in [-0.15, -0.1) is 0 Å². The quantitative estimate of drug-likeness (QED) is 0.490. The van der Waals surface area contributed by atoms with Gasteiger partial charge in [0.25, 0.3) is 0 Å². The molecular formula is C20H28N+. The number of hydrogen-bond acceptors (Lipinski definition) is 0. The van der Waals surface area contributed by atoms with Crippen LogP contribution >= 0.6 is 0 Å². The van der Waals surface area contributed by atoms with Crippen molar-refractivity contribution in [2.45, 2.75) is 58.9 Å². The standard InChI is InChI=1S/C20H28N/c1-3-4-10-19-12-14-20(15-13-19)11-6-8-17-21-16-7-5-9-18(21)2/h5,7,9,12-16H,3-4,6,8,10-11,17H2,1-2H3/q+1. The van der Waals surface area contributed by atoms with Gasteiger partial charge in [0.05, 0.1) is 0 Å². The zero-order chi connectivity index (χ0) is 14.9. The maximum atomic E-state index is 2.34. The highest BCUT2D eigenvalue weighted by Gasteiger charge is 2.03. The van der Waals surface area contributed by atoms with E-state index in [0.717, 1.165) is 6.54 Å². The summed E-state index contributed by atoms with van der Waals surface area (Å²) >= 11 is 0. The van der Waals surface area contributed by atoms with Crippen molar-refractivity contribution in [1.29, 1.82) is 0 Å². The zero-order valence-electron chi connectivity index (χ0n) is 13.5. The Kier molecular flexibility index (Phi) is 6.46. The van der Waals surface area contributed by atoms with Gasteiger partial charge in [-0.2, -0.15) is 0 Å². The molecule has 0 fully saturated rings. The van der Waals surface area contributed by atoms with Crippen LogP contribution < -0.4 is 4.57 Å². The molecule has 0 N–H and O–H groups in total. The average Bonchev–Trinajstić information content (AvgIpc) is 2.52. The minimum absolute atomic E-state index is 1.13. The van der Waals surface area contributed by atoms with Crippen LogP contribution in [-0.4, -0.2) is 0 Å². The summed E-state index contributed by atoms with van der Waals surface area (Å²) < 4.78 is 2.34. The third-order valence-corrected chi connectivity index (χ3v) is 4.12. The lowest BCUT2D eigenvalue weighted by molar-refractivity contribution is -0.703. The predicted molar refractivity (Wildman–Crippen MR) is 89.4 cm³/mol. The smallest absolute Gasteiger partial charge is 0.178 e. The zero-order valence-corrected chi connectivity index (χ0v) is 13.5. The van der Waals surface area contributed by atoms with Crippen LogP contribution in [0.15, 0.2) is 48.7 Å². The van der Waals surface area contributed by atoms with E-state index in [9.17, 15) is 0 Å². The minimum atomic E-state index is 1.13. The highest BCUT2D eigenvalue weighted by molar-refractivity contribution is 5.22. The van der Waals surface area contributed by atoms with Crippen molar-refractivity contribution in [2.24, 2.45) is 0 Å². The molecule has 2 rings (SSSR count). The highest BCUT2D eigenvalue weighted by Crippen LogP contribution is 2.10. The maximum Gasteiger partial charge on any atom is 0.178 e. The van der Waals surface area contributed by atoms with Crippen molar-refractivity contribution in [3.05, 3.63) is 65.5 Å². The average molecular weight is 282 g/mol. The molecule has 1 aromatic carbocycles. The van der Waals surface area contributed by atoms with Crippen LogP contribution in [-0.2, 0) is 19.4 Å². The molecule has 0 saturated carbocycles. The molecule has 1 nitrogen and oxygen atoms in total. The minimum Gasteiger partial charge on any atom is -0.203 e. The fourth-order valence-electron chi connectivity index (χ4n) is 2.68. The summed E-state index contributed by atoms with van der Waals surface area (Å²) in [5, 5.41) is 0. The summed E-state index contributed by atoms with van der Waals surface area (Å²) in [5.41, 5.74) is 4.30. The summed E-state index contributed by atoms with van der Waals surface area (Å²) in [6.45, 7) is 5.55. The molecule has 0 saturated heterocycles. The van der Waals surface area contributed by atoms with Crippen LogP contribution in [0.4, 0.5) is 0 Å². The number of aromatic nitrogens is 1. The van der Waals surface area contributed by atoms with Crippen LogP contribution in [0, 0.1) is 6.92 Å². The Bertz CT molecular complexity index is 528. The van der Waals surface area contributed by atoms with E-state index in [1.54, 1.807) is 0 Å². The van der Waals surface area contributed by atoms with E-state index in [1.165, 1.54) is 55.3 Å². The Hall–Kier alpha value is -1.63. The lowest BCUT2D eigenvalue weighted by Crippen LogP contribution is -2.36. The van der Waals surface area contributed by atoms with Gasteiger partial charge in [0, 0.05) is 25.5 Å². The van der Waals surface area contributed by atoms with E-state index < -0.39 is 0 Å². The largest absolute Gasteiger partial charge is 0.203 e. The molecule has 0 aliphatic heterocycles. The second-order valence-electron chi connectivity index (χ2n) is 5.91. The van der Waals surface area contributed by atoms with Crippen molar-refractivity contribution >= 4 is 0 Å². The number of hydrogen-bond donors (Lipinski definition) is 0. The first kappa shape index (κ1) is 15.8. The Morgan fingerprint density at radius 3 is 2.10 bits per heavy atom. The van der Waals surface area contributed by atoms with Gasteiger partial charge in [0.15, 0.2) is 11.9 Å². The number of pyridine rings is 1. The van der Waals surface area contributed by atoms with Gasteiger partial charge in [-0.1, -0.05) is 43.7 Å². The van der Waals surface area contributed by atoms with Crippen molar-refractivity contribution in [1.82, 2.24) is 0 Å². The van der Waals surface area contributed by atoms with Gasteiger partial charge < -0.3 is 0 Å². The Balaban J connectivity index is 1.72. The summed E-state index contributed by atoms with van der Waals surface area (Å²) in [6, 6.07) is 15.6. The topological polar surface area (TPSA) is 3.88 Å². The third-order valence-electron chi connectivity index (χ3n) is 4.12. The Labute approximate surface area is 129 Å². The van der Waals surface area contributed by atoms with Crippen molar-refractivity contribution < 1.29 is 4.57 Å². The fraction of sp³-hybridized carbons (Fsp3) is 0.450. The van der Waals surface area contributed by atoms with Gasteiger partial charge in [0.1, 0.15) is 6.54 Å². The summed E-state index contributed by atoms with van der Waals surface area (Å²) in [5.74, 6) is 0. The molecule has 0 amide bonds. The first-order valence-electron chi connectivity index (χ1n) is 8.32. The number of benzene rings is 1. The molecule has 0 bridgehead atoms. The van der Waals surface area contributed by atoms with Crippen molar-refractivity contribution in [2.75, 3.05) is 0 Å². The van der Waals surface area contributed by atoms with Crippen molar-refractivity contribution in [3.8, 4) is 0 Å². The van der Waals surface area contributed by atoms with Gasteiger partial charge in [-0.25, -0.2) is 4.57 Å². The normalized spacial score (nSPS) is 10.8. The fourth-order valence-corrected chi connectivity index (χ4v) is 2.68. The van der Waals surface area contributed by atoms with Crippen LogP contribution in [0.25, 0.3) is 0 Å². The highest BCUT2D eigenvalue weighted by atomic mass is 14.9. The van der Waals surface area contributed by atoms with E-state index in [-0.39, 0.29) is 0 Å². The second kappa shape index (κ2) is 8.61. The molecule has 2 aromatic rings. The first-order valence-corrected chi connectivity index (χ1v) is 8.32. The molecule has 1 heteroatoms. The molecule has 21 heavy (non-hydrogen) atoms. The van der Waals surface area contributed by atoms with Crippen LogP contribution in [0.3, 0.4) is 0 Å². The van der Waals surface area contributed by atoms with Crippen LogP contribution in [0.2, 0.25) is 0 Å². The molecule has 1 heterocycles. The van der Waals surface area contributed by atoms with E-state index in [0.29, 0.717) is 0 Å². The lowest BCUT2D eigenvalue weighted by Gasteiger charge is -2.04. The summed E-state index contributed by atoms with van der Waals surface area (Å²) in [4.78, 5) is 0. The van der Waals surface area contributed by atoms with E-state index in [2.05, 4.69) is 67.1 Å². The molecule has 1 aromatic heterocycles. The molecule has 0 atom stereocenters. The maximum absolute atomic E-state index is 2.34. The summed E-state index contributed by atoms with van der Waals surface area (Å²) in [6.07, 6.45) is 9.67. The molecule has 0 aliphatic rings. The number of aryl methyl sites for hydroxylation is 4. The first-order chi connectivity index (χ1) is 10.3. The SMILES string of the molecule is CCCCc1ccc(CCCC[n+]2ccccc2C)cc1. The summed E-state index contributed by atoms with van der Waals surface area (Å²) in [7, 11) is 0. The molecular weight excluding hydrogens is 254 g/mol. The molecule has 0 radical (unpaired) electrons. The van der Waals surface area contributed by atoms with Gasteiger partial charge in [-0.3, -0.25) is 0 Å². The van der Waals surface area contributed by atoms with Crippen LogP contribution in [0.1, 0.15) is 49.4 Å². The van der Waals surface area contributed by atoms with Crippen molar-refractivity contribution in [3.63, 3.8) is 0 Å². The number of rotatable bonds is 8. The lowest BCUT2D eigenvalue weighted by atomic mass is 10.0. The monoisotopic (exact) mass is 282 g/mol. The number of nitrogens with zero attached hydrogens (tertiary/aromatic N) is 1. The molecule has 112 valence electrons. The molecule has 0 unspecified atom stereocenters. The Morgan fingerprint density at radius 1 is 0.810 bits per heavy atom. The molecule has 0 spiro atoms. The predicted octanol–water partition coefficient (Wildman–Crippen LogP) is 4.65. The van der Waals surface area contributed by atoms with Gasteiger partial charge >= 0.3 is 0 Å².